The van der Waals surface area contributed by atoms with E-state index in [4.69, 9.17) is 9.47 Å². The fraction of sp³-hybridized carbons (Fsp3) is 0.333. The molecule has 0 bridgehead atoms. The van der Waals surface area contributed by atoms with Gasteiger partial charge in [-0.2, -0.15) is 13.2 Å². The van der Waals surface area contributed by atoms with E-state index in [2.05, 4.69) is 10.0 Å². The van der Waals surface area contributed by atoms with Crippen molar-refractivity contribution in [3.05, 3.63) is 60.2 Å². The molecule has 2 amide bonds. The van der Waals surface area contributed by atoms with E-state index < -0.39 is 45.4 Å². The van der Waals surface area contributed by atoms with Crippen molar-refractivity contribution in [2.75, 3.05) is 23.7 Å². The first-order valence-corrected chi connectivity index (χ1v) is 12.4. The topological polar surface area (TPSA) is 114 Å². The highest BCUT2D eigenvalue weighted by Gasteiger charge is 2.34. The maximum atomic E-state index is 13.0. The second-order valence-corrected chi connectivity index (χ2v) is 10.7. The summed E-state index contributed by atoms with van der Waals surface area (Å²) in [7, 11) is -3.15. The Morgan fingerprint density at radius 3 is 2.38 bits per heavy atom. The smallest absolute Gasteiger partial charge is 0.416 e. The monoisotopic (exact) mass is 541 g/mol. The lowest BCUT2D eigenvalue weighted by atomic mass is 10.2. The van der Waals surface area contributed by atoms with Crippen molar-refractivity contribution in [1.82, 2.24) is 4.90 Å². The number of anilines is 2. The molecule has 0 aromatic heterocycles. The fourth-order valence-corrected chi connectivity index (χ4v) is 4.61. The third-order valence-corrected chi connectivity index (χ3v) is 6.44. The zero-order valence-electron chi connectivity index (χ0n) is 20.4. The normalized spacial score (nSPS) is 15.9. The van der Waals surface area contributed by atoms with E-state index in [1.54, 1.807) is 26.8 Å². The van der Waals surface area contributed by atoms with Gasteiger partial charge in [-0.3, -0.25) is 14.4 Å². The van der Waals surface area contributed by atoms with Gasteiger partial charge in [-0.05, 0) is 51.1 Å². The summed E-state index contributed by atoms with van der Waals surface area (Å²) in [5, 5.41) is 2.60. The van der Waals surface area contributed by atoms with Gasteiger partial charge in [-0.25, -0.2) is 13.2 Å². The van der Waals surface area contributed by atoms with Gasteiger partial charge >= 0.3 is 12.3 Å². The number of halogens is 3. The quantitative estimate of drug-likeness (QED) is 0.516. The molecule has 0 fully saturated rings. The van der Waals surface area contributed by atoms with Gasteiger partial charge in [-0.15, -0.1) is 0 Å². The van der Waals surface area contributed by atoms with E-state index in [1.807, 2.05) is 0 Å². The Hall–Kier alpha value is -3.74. The molecule has 3 rings (SSSR count). The number of ether oxygens (including phenoxy) is 2. The van der Waals surface area contributed by atoms with E-state index in [1.165, 1.54) is 36.3 Å². The first kappa shape index (κ1) is 27.8. The van der Waals surface area contributed by atoms with Crippen LogP contribution < -0.4 is 14.8 Å². The molecule has 1 heterocycles. The number of nitrogens with one attached hydrogen (secondary N) is 2. The second kappa shape index (κ2) is 10.3. The van der Waals surface area contributed by atoms with Crippen molar-refractivity contribution in [3.8, 4) is 5.75 Å². The van der Waals surface area contributed by atoms with E-state index in [9.17, 15) is 31.2 Å². The Bertz CT molecular complexity index is 1320. The molecule has 0 radical (unpaired) electrons. The Morgan fingerprint density at radius 2 is 1.76 bits per heavy atom. The molecule has 1 aliphatic rings. The Labute approximate surface area is 212 Å². The lowest BCUT2D eigenvalue weighted by molar-refractivity contribution is -0.137. The molecular formula is C24H26F3N3O6S. The van der Waals surface area contributed by atoms with Crippen LogP contribution in [-0.2, 0) is 25.7 Å². The molecular weight excluding hydrogens is 515 g/mol. The predicted molar refractivity (Wildman–Crippen MR) is 130 cm³/mol. The van der Waals surface area contributed by atoms with Gasteiger partial charge in [0.25, 0.3) is 15.9 Å². The molecule has 0 saturated carbocycles. The van der Waals surface area contributed by atoms with Crippen molar-refractivity contribution < 1.29 is 40.7 Å². The number of carbonyl (C=O) groups is 2. The van der Waals surface area contributed by atoms with Crippen LogP contribution in [0.1, 0.15) is 26.3 Å². The van der Waals surface area contributed by atoms with Gasteiger partial charge in [0, 0.05) is 24.0 Å². The van der Waals surface area contributed by atoms with Gasteiger partial charge in [0.05, 0.1) is 12.7 Å². The third-order valence-electron chi connectivity index (χ3n) is 5.02. The summed E-state index contributed by atoms with van der Waals surface area (Å²) in [5.74, 6) is -0.734. The summed E-state index contributed by atoms with van der Waals surface area (Å²) >= 11 is 0. The molecule has 200 valence electrons. The Kier molecular flexibility index (Phi) is 7.77. The van der Waals surface area contributed by atoms with Gasteiger partial charge < -0.3 is 14.8 Å². The maximum absolute atomic E-state index is 13.0. The molecule has 13 heteroatoms. The minimum Gasteiger partial charge on any atom is -0.495 e. The largest absolute Gasteiger partial charge is 0.495 e. The van der Waals surface area contributed by atoms with Crippen LogP contribution in [0.3, 0.4) is 0 Å². The van der Waals surface area contributed by atoms with Gasteiger partial charge in [0.15, 0.2) is 0 Å². The Balaban J connectivity index is 1.78. The first-order chi connectivity index (χ1) is 17.1. The maximum Gasteiger partial charge on any atom is 0.416 e. The molecule has 0 saturated heterocycles. The summed E-state index contributed by atoms with van der Waals surface area (Å²) in [4.78, 5) is 26.2. The Morgan fingerprint density at radius 1 is 1.05 bits per heavy atom. The number of amides is 2. The molecule has 0 unspecified atom stereocenters. The van der Waals surface area contributed by atoms with Crippen LogP contribution in [0.25, 0.3) is 0 Å². The summed E-state index contributed by atoms with van der Waals surface area (Å²) in [6.45, 7) is 5.28. The summed E-state index contributed by atoms with van der Waals surface area (Å²) in [5.41, 5.74) is -1.88. The molecule has 1 aliphatic heterocycles. The average molecular weight is 542 g/mol. The van der Waals surface area contributed by atoms with E-state index in [0.717, 1.165) is 18.2 Å². The van der Waals surface area contributed by atoms with E-state index in [-0.39, 0.29) is 28.6 Å². The number of hydrogen-bond acceptors (Lipinski definition) is 6. The van der Waals surface area contributed by atoms with Crippen molar-refractivity contribution in [2.24, 2.45) is 0 Å². The average Bonchev–Trinajstić information content (AvgIpc) is 3.27. The highest BCUT2D eigenvalue weighted by atomic mass is 32.2. The molecule has 0 spiro atoms. The zero-order chi connectivity index (χ0) is 27.6. The number of nitrogens with zero attached hydrogens (tertiary/aromatic N) is 1. The standard InChI is InChI=1S/C24H26F3N3O6S/c1-23(2,3)36-22(32)30-12-6-9-18(30)21(31)28-16-10-11-20(19(14-16)35-4)37(33,34)29-17-8-5-7-15(13-17)24(25,26)27/h5-11,13-14,18,29H,12H2,1-4H3,(H,28,31)/t18-/m0/s1. The van der Waals surface area contributed by atoms with E-state index in [0.29, 0.717) is 6.07 Å². The molecule has 37 heavy (non-hydrogen) atoms. The first-order valence-electron chi connectivity index (χ1n) is 11.0. The van der Waals surface area contributed by atoms with Crippen LogP contribution in [-0.4, -0.2) is 50.6 Å². The summed E-state index contributed by atoms with van der Waals surface area (Å²) < 4.78 is 77.3. The molecule has 2 N–H and O–H groups in total. The summed E-state index contributed by atoms with van der Waals surface area (Å²) in [6.07, 6.45) is -2.14. The van der Waals surface area contributed by atoms with Gasteiger partial charge in [-0.1, -0.05) is 18.2 Å². The minimum absolute atomic E-state index is 0.164. The van der Waals surface area contributed by atoms with Crippen molar-refractivity contribution in [1.29, 1.82) is 0 Å². The molecule has 0 aliphatic carbocycles. The van der Waals surface area contributed by atoms with Crippen molar-refractivity contribution in [2.45, 2.75) is 43.5 Å². The lowest BCUT2D eigenvalue weighted by Gasteiger charge is -2.28. The third kappa shape index (κ3) is 6.94. The zero-order valence-corrected chi connectivity index (χ0v) is 21.2. The molecule has 2 aromatic carbocycles. The fourth-order valence-electron chi connectivity index (χ4n) is 3.41. The van der Waals surface area contributed by atoms with Gasteiger partial charge in [0.1, 0.15) is 22.3 Å². The molecule has 9 nitrogen and oxygen atoms in total. The number of sulfonamides is 1. The second-order valence-electron chi connectivity index (χ2n) is 9.04. The van der Waals surface area contributed by atoms with Crippen molar-refractivity contribution in [3.63, 3.8) is 0 Å². The number of alkyl halides is 3. The van der Waals surface area contributed by atoms with E-state index >= 15 is 0 Å². The van der Waals surface area contributed by atoms with Crippen LogP contribution in [0.5, 0.6) is 5.75 Å². The van der Waals surface area contributed by atoms with Crippen LogP contribution in [0.4, 0.5) is 29.3 Å². The number of hydrogen-bond donors (Lipinski definition) is 2. The number of rotatable bonds is 6. The van der Waals surface area contributed by atoms with Crippen molar-refractivity contribution >= 4 is 33.4 Å². The van der Waals surface area contributed by atoms with Crippen LogP contribution >= 0.6 is 0 Å². The minimum atomic E-state index is -4.65. The van der Waals surface area contributed by atoms with Crippen LogP contribution in [0.15, 0.2) is 59.5 Å². The number of carbonyl (C=O) groups excluding carboxylic acids is 2. The highest BCUT2D eigenvalue weighted by molar-refractivity contribution is 7.92. The number of methoxy groups -OCH3 is 1. The lowest BCUT2D eigenvalue weighted by Crippen LogP contribution is -2.45. The molecule has 1 atom stereocenters. The molecule has 2 aromatic rings. The highest BCUT2D eigenvalue weighted by Crippen LogP contribution is 2.33. The number of benzene rings is 2. The van der Waals surface area contributed by atoms with Crippen LogP contribution in [0.2, 0.25) is 0 Å². The summed E-state index contributed by atoms with van der Waals surface area (Å²) in [6, 6.07) is 6.47. The van der Waals surface area contributed by atoms with Gasteiger partial charge in [0.2, 0.25) is 0 Å². The van der Waals surface area contributed by atoms with Crippen LogP contribution in [0, 0.1) is 0 Å². The predicted octanol–water partition coefficient (Wildman–Crippen LogP) is 4.63. The SMILES string of the molecule is COc1cc(NC(=O)[C@@H]2C=CCN2C(=O)OC(C)(C)C)ccc1S(=O)(=O)Nc1cccc(C(F)(F)F)c1.